The second kappa shape index (κ2) is 19.4. The Morgan fingerprint density at radius 3 is 1.78 bits per heavy atom. The minimum atomic E-state index is -3.54. The summed E-state index contributed by atoms with van der Waals surface area (Å²) < 4.78 is 50.4. The van der Waals surface area contributed by atoms with Crippen molar-refractivity contribution in [2.24, 2.45) is 0 Å². The predicted octanol–water partition coefficient (Wildman–Crippen LogP) is 7.84. The fourth-order valence-corrected chi connectivity index (χ4v) is 14.2. The van der Waals surface area contributed by atoms with Crippen molar-refractivity contribution in [1.29, 1.82) is 0 Å². The van der Waals surface area contributed by atoms with Gasteiger partial charge < -0.3 is 32.5 Å². The zero-order chi connectivity index (χ0) is 42.9. The molecule has 0 unspecified atom stereocenters. The molecule has 2 amide bonds. The second-order valence-corrected chi connectivity index (χ2v) is 24.3. The Kier molecular flexibility index (Phi) is 15.6. The van der Waals surface area contributed by atoms with Crippen molar-refractivity contribution < 1.29 is 46.7 Å². The van der Waals surface area contributed by atoms with Crippen LogP contribution < -0.4 is 24.8 Å². The lowest BCUT2D eigenvalue weighted by Gasteiger charge is -2.43. The van der Waals surface area contributed by atoms with Crippen LogP contribution in [0.3, 0.4) is 0 Å². The molecule has 2 heterocycles. The van der Waals surface area contributed by atoms with Crippen LogP contribution in [0.5, 0.6) is 5.88 Å². The Morgan fingerprint density at radius 2 is 1.33 bits per heavy atom. The fourth-order valence-electron chi connectivity index (χ4n) is 6.09. The van der Waals surface area contributed by atoms with E-state index in [4.69, 9.17) is 32.5 Å². The van der Waals surface area contributed by atoms with Gasteiger partial charge >= 0.3 is 19.8 Å². The number of thioether (sulfide) groups is 1. The summed E-state index contributed by atoms with van der Waals surface area (Å²) in [4.78, 5) is 48.1. The molecule has 4 rings (SSSR count). The van der Waals surface area contributed by atoms with Gasteiger partial charge in [-0.3, -0.25) is 4.57 Å². The molecule has 1 atom stereocenters. The zero-order valence-corrected chi connectivity index (χ0v) is 38.3. The minimum Gasteiger partial charge on any atom is -0.479 e. The highest BCUT2D eigenvalue weighted by molar-refractivity contribution is 8.05. The standard InChI is InChI=1S/C40H58N5O10PSSi/c1-13-51-56(48,52-14-2)28-57-29(26-53-58(40(9,10)11,30-21-17-15-18-22-30)31-23-19-16-20-24-31)25-50-45-33-32(34(49-12)42-27-41-33)43-35(45)44(36(46)54-38(3,4)5)37(47)55-39(6,7)8/h15-24,27,29H,13-14,25-26,28H2,1-12H3/t29-/m0/s1. The van der Waals surface area contributed by atoms with Crippen molar-refractivity contribution in [2.45, 2.75) is 97.7 Å². The third-order valence-electron chi connectivity index (χ3n) is 8.31. The monoisotopic (exact) mass is 859 g/mol. The van der Waals surface area contributed by atoms with E-state index in [2.05, 4.69) is 60.0 Å². The molecular weight excluding hydrogens is 802 g/mol. The molecule has 0 radical (unpaired) electrons. The smallest absolute Gasteiger partial charge is 0.427 e. The average molecular weight is 860 g/mol. The van der Waals surface area contributed by atoms with E-state index in [0.29, 0.717) is 4.90 Å². The molecule has 58 heavy (non-hydrogen) atoms. The van der Waals surface area contributed by atoms with Gasteiger partial charge in [0.25, 0.3) is 14.3 Å². The maximum atomic E-state index is 13.9. The van der Waals surface area contributed by atoms with Gasteiger partial charge in [-0.1, -0.05) is 81.4 Å². The van der Waals surface area contributed by atoms with E-state index in [1.807, 2.05) is 36.4 Å². The van der Waals surface area contributed by atoms with E-state index >= 15 is 0 Å². The van der Waals surface area contributed by atoms with Crippen LogP contribution in [0.25, 0.3) is 11.2 Å². The van der Waals surface area contributed by atoms with Crippen LogP contribution in [-0.4, -0.2) is 95.7 Å². The molecule has 0 aliphatic carbocycles. The Balaban J connectivity index is 1.86. The van der Waals surface area contributed by atoms with Crippen LogP contribution >= 0.6 is 19.4 Å². The third kappa shape index (κ3) is 11.6. The second-order valence-electron chi connectivity index (χ2n) is 16.2. The van der Waals surface area contributed by atoms with E-state index in [-0.39, 0.29) is 60.0 Å². The van der Waals surface area contributed by atoms with Gasteiger partial charge in [0.2, 0.25) is 11.5 Å². The maximum Gasteiger partial charge on any atom is 0.427 e. The molecule has 0 spiro atoms. The van der Waals surface area contributed by atoms with Crippen LogP contribution in [0.1, 0.15) is 76.2 Å². The summed E-state index contributed by atoms with van der Waals surface area (Å²) in [5.74, 6) is -0.250. The summed E-state index contributed by atoms with van der Waals surface area (Å²) in [5.41, 5.74) is -1.82. The molecule has 15 nitrogen and oxygen atoms in total. The number of amides is 2. The number of aromatic nitrogens is 4. The van der Waals surface area contributed by atoms with Crippen molar-refractivity contribution in [1.82, 2.24) is 19.7 Å². The first kappa shape index (κ1) is 46.7. The summed E-state index contributed by atoms with van der Waals surface area (Å²) in [6.45, 7) is 20.4. The maximum absolute atomic E-state index is 13.9. The largest absolute Gasteiger partial charge is 0.479 e. The number of hydrogen-bond donors (Lipinski definition) is 0. The topological polar surface area (TPSA) is 163 Å². The lowest BCUT2D eigenvalue weighted by atomic mass is 10.2. The number of imidazole rings is 1. The van der Waals surface area contributed by atoms with Gasteiger partial charge in [0.05, 0.1) is 31.1 Å². The number of carbonyl (C=O) groups excluding carboxylic acids is 2. The SMILES string of the molecule is CCOP(=O)(CS[C@@H](COn1c(N(C(=O)OC(C)(C)C)C(=O)OC(C)(C)C)nc2c(OC)ncnc21)CO[Si](c1ccccc1)(c1ccccc1)C(C)(C)C)OCC. The quantitative estimate of drug-likeness (QED) is 0.0745. The number of rotatable bonds is 17. The van der Waals surface area contributed by atoms with Gasteiger partial charge in [-0.25, -0.2) is 19.6 Å². The third-order valence-corrected chi connectivity index (χ3v) is 17.2. The number of anilines is 1. The molecule has 0 fully saturated rings. The molecule has 2 aromatic carbocycles. The van der Waals surface area contributed by atoms with Crippen LogP contribution in [0.15, 0.2) is 67.0 Å². The summed E-state index contributed by atoms with van der Waals surface area (Å²) in [5, 5.41) is 1.26. The number of nitrogens with zero attached hydrogens (tertiary/aromatic N) is 5. The van der Waals surface area contributed by atoms with E-state index < -0.39 is 44.6 Å². The molecule has 0 aliphatic heterocycles. The van der Waals surface area contributed by atoms with Gasteiger partial charge in [-0.15, -0.1) is 21.4 Å². The number of imide groups is 1. The molecular formula is C40H58N5O10PSSi. The first-order valence-electron chi connectivity index (χ1n) is 19.1. The molecule has 4 aromatic rings. The first-order chi connectivity index (χ1) is 27.2. The Hall–Kier alpha value is -3.99. The molecule has 0 aliphatic rings. The van der Waals surface area contributed by atoms with Gasteiger partial charge in [0.1, 0.15) is 24.1 Å². The van der Waals surface area contributed by atoms with Gasteiger partial charge in [-0.05, 0) is 70.8 Å². The highest BCUT2D eigenvalue weighted by atomic mass is 32.2. The van der Waals surface area contributed by atoms with Crippen molar-refractivity contribution in [2.75, 3.05) is 43.9 Å². The molecule has 0 saturated carbocycles. The van der Waals surface area contributed by atoms with Gasteiger partial charge in [-0.2, -0.15) is 4.98 Å². The Bertz CT molecular complexity index is 1940. The van der Waals surface area contributed by atoms with Crippen LogP contribution in [0.2, 0.25) is 5.04 Å². The number of methoxy groups -OCH3 is 1. The number of ether oxygens (including phenoxy) is 3. The van der Waals surface area contributed by atoms with Crippen LogP contribution in [-0.2, 0) is 27.5 Å². The van der Waals surface area contributed by atoms with Gasteiger partial charge in [0, 0.05) is 6.61 Å². The first-order valence-corrected chi connectivity index (χ1v) is 23.8. The van der Waals surface area contributed by atoms with Crippen molar-refractivity contribution in [3.05, 3.63) is 67.0 Å². The summed E-state index contributed by atoms with van der Waals surface area (Å²) in [6, 6.07) is 20.4. The van der Waals surface area contributed by atoms with Crippen molar-refractivity contribution in [3.8, 4) is 5.88 Å². The van der Waals surface area contributed by atoms with Crippen molar-refractivity contribution in [3.63, 3.8) is 0 Å². The zero-order valence-electron chi connectivity index (χ0n) is 35.6. The lowest BCUT2D eigenvalue weighted by molar-refractivity contribution is 0.0405. The van der Waals surface area contributed by atoms with Crippen LogP contribution in [0.4, 0.5) is 15.5 Å². The highest BCUT2D eigenvalue weighted by Gasteiger charge is 2.50. The summed E-state index contributed by atoms with van der Waals surface area (Å²) in [6.07, 6.45) is -0.885. The number of benzene rings is 2. The van der Waals surface area contributed by atoms with Gasteiger partial charge in [0.15, 0.2) is 5.52 Å². The average Bonchev–Trinajstić information content (AvgIpc) is 3.49. The van der Waals surface area contributed by atoms with E-state index in [1.165, 1.54) is 25.2 Å². The van der Waals surface area contributed by atoms with Crippen LogP contribution in [0, 0.1) is 0 Å². The normalized spacial score (nSPS) is 13.2. The van der Waals surface area contributed by atoms with E-state index in [1.54, 1.807) is 55.4 Å². The Morgan fingerprint density at radius 1 is 0.810 bits per heavy atom. The summed E-state index contributed by atoms with van der Waals surface area (Å²) >= 11 is 1.30. The molecule has 0 bridgehead atoms. The molecule has 0 N–H and O–H groups in total. The van der Waals surface area contributed by atoms with E-state index in [9.17, 15) is 14.2 Å². The lowest BCUT2D eigenvalue weighted by Crippen LogP contribution is -2.67. The van der Waals surface area contributed by atoms with E-state index in [0.717, 1.165) is 15.1 Å². The molecule has 2 aromatic heterocycles. The molecule has 0 saturated heterocycles. The summed E-state index contributed by atoms with van der Waals surface area (Å²) in [7, 11) is -5.19. The molecule has 318 valence electrons. The van der Waals surface area contributed by atoms with Crippen molar-refractivity contribution >= 4 is 67.3 Å². The fraction of sp³-hybridized carbons (Fsp3) is 0.525. The Labute approximate surface area is 347 Å². The number of carbonyl (C=O) groups is 2. The molecule has 18 heteroatoms. The minimum absolute atomic E-state index is 0.0116. The number of fused-ring (bicyclic) bond motifs is 1. The highest BCUT2D eigenvalue weighted by Crippen LogP contribution is 2.51. The number of hydrogen-bond acceptors (Lipinski definition) is 14. The predicted molar refractivity (Wildman–Crippen MR) is 229 cm³/mol.